The van der Waals surface area contributed by atoms with Crippen LogP contribution >= 0.6 is 0 Å². The van der Waals surface area contributed by atoms with Gasteiger partial charge in [0.2, 0.25) is 0 Å². The third kappa shape index (κ3) is 1.81. The highest BCUT2D eigenvalue weighted by molar-refractivity contribution is 6.46. The number of likely N-dealkylation sites (N-methyl/N-ethyl adjacent to an activating group) is 1. The zero-order valence-electron chi connectivity index (χ0n) is 11.1. The molecule has 1 N–H and O–H groups in total. The molecule has 19 heavy (non-hydrogen) atoms. The van der Waals surface area contributed by atoms with Gasteiger partial charge in [-0.15, -0.1) is 0 Å². The zero-order chi connectivity index (χ0) is 13.5. The molecule has 1 spiro atoms. The number of nitrogens with one attached hydrogen (secondary N) is 1. The maximum absolute atomic E-state index is 12.4. The highest BCUT2D eigenvalue weighted by atomic mass is 16.5. The van der Waals surface area contributed by atoms with Gasteiger partial charge in [-0.2, -0.15) is 0 Å². The van der Waals surface area contributed by atoms with Crippen LogP contribution in [0, 0.1) is 0 Å². The van der Waals surface area contributed by atoms with Crippen molar-refractivity contribution < 1.29 is 9.53 Å². The highest BCUT2D eigenvalue weighted by Gasteiger charge is 2.46. The predicted octanol–water partition coefficient (Wildman–Crippen LogP) is 0.646. The van der Waals surface area contributed by atoms with E-state index in [1.54, 1.807) is 12.0 Å². The van der Waals surface area contributed by atoms with Crippen molar-refractivity contribution in [3.63, 3.8) is 0 Å². The summed E-state index contributed by atoms with van der Waals surface area (Å²) in [6.45, 7) is 1.63. The first-order valence-electron chi connectivity index (χ1n) is 6.39. The molecule has 5 heteroatoms. The molecule has 2 aliphatic rings. The van der Waals surface area contributed by atoms with Crippen LogP contribution < -0.4 is 10.1 Å². The van der Waals surface area contributed by atoms with Crippen LogP contribution in [-0.2, 0) is 4.79 Å². The molecule has 0 unspecified atom stereocenters. The first-order chi connectivity index (χ1) is 9.16. The fourth-order valence-corrected chi connectivity index (χ4v) is 2.66. The number of benzene rings is 1. The SMILES string of the molecule is COc1ccc(C2=N[C@]3(CCNC3)N(C)C2=O)cc1. The standard InChI is InChI=1S/C14H17N3O2/c1-17-13(18)12(16-14(17)7-8-15-9-14)10-3-5-11(19-2)6-4-10/h3-6,15H,7-9H2,1-2H3/t14-/m1/s1. The molecule has 1 atom stereocenters. The molecule has 1 amide bonds. The second kappa shape index (κ2) is 4.35. The second-order valence-corrected chi connectivity index (χ2v) is 4.96. The summed E-state index contributed by atoms with van der Waals surface area (Å²) in [6.07, 6.45) is 0.870. The van der Waals surface area contributed by atoms with Crippen LogP contribution in [0.5, 0.6) is 5.75 Å². The quantitative estimate of drug-likeness (QED) is 0.848. The van der Waals surface area contributed by atoms with Gasteiger partial charge in [0.25, 0.3) is 5.91 Å². The summed E-state index contributed by atoms with van der Waals surface area (Å²) in [7, 11) is 3.45. The molecule has 1 aromatic carbocycles. The summed E-state index contributed by atoms with van der Waals surface area (Å²) in [5.74, 6) is 0.772. The maximum Gasteiger partial charge on any atom is 0.274 e. The molecule has 2 aliphatic heterocycles. The van der Waals surface area contributed by atoms with Gasteiger partial charge in [0.1, 0.15) is 17.1 Å². The Hall–Kier alpha value is -1.88. The molecule has 100 valence electrons. The van der Waals surface area contributed by atoms with Crippen molar-refractivity contribution in [1.82, 2.24) is 10.2 Å². The Kier molecular flexibility index (Phi) is 2.78. The Morgan fingerprint density at radius 2 is 2.11 bits per heavy atom. The fourth-order valence-electron chi connectivity index (χ4n) is 2.66. The molecule has 3 rings (SSSR count). The average molecular weight is 259 g/mol. The largest absolute Gasteiger partial charge is 0.497 e. The van der Waals surface area contributed by atoms with Crippen LogP contribution in [0.25, 0.3) is 0 Å². The Morgan fingerprint density at radius 1 is 1.37 bits per heavy atom. The minimum Gasteiger partial charge on any atom is -0.497 e. The van der Waals surface area contributed by atoms with Gasteiger partial charge in [-0.05, 0) is 30.8 Å². The fraction of sp³-hybridized carbons (Fsp3) is 0.429. The minimum atomic E-state index is -0.383. The number of amides is 1. The molecular weight excluding hydrogens is 242 g/mol. The summed E-state index contributed by atoms with van der Waals surface area (Å²) < 4.78 is 5.13. The molecule has 0 bridgehead atoms. The Balaban J connectivity index is 1.97. The van der Waals surface area contributed by atoms with E-state index in [1.807, 2.05) is 31.3 Å². The maximum atomic E-state index is 12.4. The van der Waals surface area contributed by atoms with Gasteiger partial charge in [0.05, 0.1) is 7.11 Å². The van der Waals surface area contributed by atoms with Crippen molar-refractivity contribution in [1.29, 1.82) is 0 Å². The van der Waals surface area contributed by atoms with E-state index in [0.29, 0.717) is 5.71 Å². The number of hydrogen-bond donors (Lipinski definition) is 1. The number of aliphatic imine (C=N–C) groups is 1. The van der Waals surface area contributed by atoms with E-state index in [4.69, 9.17) is 9.73 Å². The lowest BCUT2D eigenvalue weighted by Crippen LogP contribution is -2.45. The number of methoxy groups -OCH3 is 1. The minimum absolute atomic E-state index is 0.00568. The van der Waals surface area contributed by atoms with Gasteiger partial charge >= 0.3 is 0 Å². The van der Waals surface area contributed by atoms with Gasteiger partial charge < -0.3 is 15.0 Å². The number of hydrogen-bond acceptors (Lipinski definition) is 4. The summed E-state index contributed by atoms with van der Waals surface area (Å²) >= 11 is 0. The summed E-state index contributed by atoms with van der Waals surface area (Å²) in [6, 6.07) is 7.46. The van der Waals surface area contributed by atoms with E-state index in [0.717, 1.165) is 30.8 Å². The van der Waals surface area contributed by atoms with Crippen LogP contribution in [0.1, 0.15) is 12.0 Å². The van der Waals surface area contributed by atoms with Crippen molar-refractivity contribution in [2.45, 2.75) is 12.1 Å². The molecule has 0 radical (unpaired) electrons. The molecule has 0 aromatic heterocycles. The Morgan fingerprint density at radius 3 is 2.68 bits per heavy atom. The first kappa shape index (κ1) is 12.2. The molecule has 2 heterocycles. The molecule has 5 nitrogen and oxygen atoms in total. The number of carbonyl (C=O) groups is 1. The third-order valence-corrected chi connectivity index (χ3v) is 3.93. The van der Waals surface area contributed by atoms with E-state index in [1.165, 1.54) is 0 Å². The number of ether oxygens (including phenoxy) is 1. The van der Waals surface area contributed by atoms with Gasteiger partial charge in [-0.3, -0.25) is 4.79 Å². The Labute approximate surface area is 112 Å². The van der Waals surface area contributed by atoms with E-state index < -0.39 is 0 Å². The monoisotopic (exact) mass is 259 g/mol. The van der Waals surface area contributed by atoms with Crippen molar-refractivity contribution >= 4 is 11.6 Å². The normalized spacial score (nSPS) is 26.1. The number of carbonyl (C=O) groups excluding carboxylic acids is 1. The average Bonchev–Trinajstić information content (AvgIpc) is 3.01. The first-order valence-corrected chi connectivity index (χ1v) is 6.39. The van der Waals surface area contributed by atoms with Crippen LogP contribution in [0.2, 0.25) is 0 Å². The lowest BCUT2D eigenvalue weighted by molar-refractivity contribution is -0.125. The zero-order valence-corrected chi connectivity index (χ0v) is 11.1. The van der Waals surface area contributed by atoms with Crippen LogP contribution in [-0.4, -0.2) is 49.4 Å². The van der Waals surface area contributed by atoms with E-state index in [-0.39, 0.29) is 11.6 Å². The smallest absolute Gasteiger partial charge is 0.274 e. The molecule has 1 aromatic rings. The van der Waals surface area contributed by atoms with Gasteiger partial charge in [-0.25, -0.2) is 4.99 Å². The Bertz CT molecular complexity index is 530. The molecule has 1 saturated heterocycles. The van der Waals surface area contributed by atoms with E-state index in [9.17, 15) is 4.79 Å². The van der Waals surface area contributed by atoms with Crippen molar-refractivity contribution in [2.75, 3.05) is 27.2 Å². The van der Waals surface area contributed by atoms with Gasteiger partial charge in [0, 0.05) is 25.6 Å². The lowest BCUT2D eigenvalue weighted by Gasteiger charge is -2.28. The molecule has 0 saturated carbocycles. The topological polar surface area (TPSA) is 53.9 Å². The van der Waals surface area contributed by atoms with Crippen molar-refractivity contribution in [2.24, 2.45) is 4.99 Å². The van der Waals surface area contributed by atoms with Gasteiger partial charge in [-0.1, -0.05) is 0 Å². The summed E-state index contributed by atoms with van der Waals surface area (Å²) in [4.78, 5) is 18.8. The van der Waals surface area contributed by atoms with E-state index in [2.05, 4.69) is 5.32 Å². The highest BCUT2D eigenvalue weighted by Crippen LogP contribution is 2.31. The second-order valence-electron chi connectivity index (χ2n) is 4.96. The molecule has 0 aliphatic carbocycles. The summed E-state index contributed by atoms with van der Waals surface area (Å²) in [5, 5.41) is 3.28. The van der Waals surface area contributed by atoms with Crippen molar-refractivity contribution in [3.05, 3.63) is 29.8 Å². The van der Waals surface area contributed by atoms with Crippen LogP contribution in [0.3, 0.4) is 0 Å². The van der Waals surface area contributed by atoms with Crippen molar-refractivity contribution in [3.8, 4) is 5.75 Å². The van der Waals surface area contributed by atoms with Gasteiger partial charge in [0.15, 0.2) is 0 Å². The van der Waals surface area contributed by atoms with E-state index >= 15 is 0 Å². The lowest BCUT2D eigenvalue weighted by atomic mass is 10.1. The number of nitrogens with zero attached hydrogens (tertiary/aromatic N) is 2. The predicted molar refractivity (Wildman–Crippen MR) is 72.5 cm³/mol. The van der Waals surface area contributed by atoms with Crippen LogP contribution in [0.4, 0.5) is 0 Å². The molecule has 1 fully saturated rings. The summed E-state index contributed by atoms with van der Waals surface area (Å²) in [5.41, 5.74) is 1.02. The van der Waals surface area contributed by atoms with Crippen LogP contribution in [0.15, 0.2) is 29.3 Å². The molecular formula is C14H17N3O2. The number of rotatable bonds is 2. The third-order valence-electron chi connectivity index (χ3n) is 3.93.